The Labute approximate surface area is 110 Å². The van der Waals surface area contributed by atoms with Crippen molar-refractivity contribution in [3.63, 3.8) is 0 Å². The second-order valence-electron chi connectivity index (χ2n) is 4.99. The molecule has 0 spiro atoms. The first-order valence-corrected chi connectivity index (χ1v) is 6.97. The van der Waals surface area contributed by atoms with Crippen LogP contribution in [0.3, 0.4) is 0 Å². The van der Waals surface area contributed by atoms with Crippen LogP contribution >= 0.6 is 15.9 Å². The molecule has 1 fully saturated rings. The molecule has 0 radical (unpaired) electrons. The lowest BCUT2D eigenvalue weighted by atomic mass is 9.98. The minimum atomic E-state index is 0.809. The number of hydrogen-bond donors (Lipinski definition) is 1. The van der Waals surface area contributed by atoms with Gasteiger partial charge in [0.1, 0.15) is 0 Å². The topological polar surface area (TPSA) is 17.0 Å². The quantitative estimate of drug-likeness (QED) is 0.900. The summed E-state index contributed by atoms with van der Waals surface area (Å²) in [5, 5.41) is 4.85. The molecule has 0 bridgehead atoms. The van der Waals surface area contributed by atoms with Crippen LogP contribution in [-0.2, 0) is 13.5 Å². The van der Waals surface area contributed by atoms with Crippen molar-refractivity contribution < 1.29 is 0 Å². The van der Waals surface area contributed by atoms with E-state index in [2.05, 4.69) is 57.3 Å². The predicted molar refractivity (Wildman–Crippen MR) is 75.3 cm³/mol. The third-order valence-electron chi connectivity index (χ3n) is 3.71. The van der Waals surface area contributed by atoms with Crippen molar-refractivity contribution in [2.45, 2.75) is 12.8 Å². The van der Waals surface area contributed by atoms with Crippen molar-refractivity contribution in [2.75, 3.05) is 13.1 Å². The van der Waals surface area contributed by atoms with E-state index in [4.69, 9.17) is 0 Å². The van der Waals surface area contributed by atoms with Crippen LogP contribution in [0.5, 0.6) is 0 Å². The highest BCUT2D eigenvalue weighted by atomic mass is 79.9. The van der Waals surface area contributed by atoms with Crippen molar-refractivity contribution in [2.24, 2.45) is 13.0 Å². The molecule has 0 aliphatic carbocycles. The Morgan fingerprint density at radius 2 is 2.35 bits per heavy atom. The molecule has 1 atom stereocenters. The zero-order valence-corrected chi connectivity index (χ0v) is 11.6. The molecular weight excluding hydrogens is 276 g/mol. The molecule has 1 unspecified atom stereocenters. The molecule has 1 aliphatic heterocycles. The van der Waals surface area contributed by atoms with E-state index in [9.17, 15) is 0 Å². The van der Waals surface area contributed by atoms with Crippen LogP contribution < -0.4 is 5.32 Å². The van der Waals surface area contributed by atoms with Gasteiger partial charge in [-0.25, -0.2) is 0 Å². The summed E-state index contributed by atoms with van der Waals surface area (Å²) in [5.41, 5.74) is 2.81. The maximum atomic E-state index is 3.54. The van der Waals surface area contributed by atoms with Crippen molar-refractivity contribution >= 4 is 26.8 Å². The van der Waals surface area contributed by atoms with Gasteiger partial charge in [-0.1, -0.05) is 22.0 Å². The average molecular weight is 293 g/mol. The molecule has 0 amide bonds. The Hall–Kier alpha value is -0.800. The standard InChI is InChI=1S/C14H17BrN2/c1-17-9-11(6-10-4-5-16-8-10)13-3-2-12(15)7-14(13)17/h2-3,7,9-10,16H,4-6,8H2,1H3. The second-order valence-corrected chi connectivity index (χ2v) is 5.91. The van der Waals surface area contributed by atoms with Gasteiger partial charge in [0.15, 0.2) is 0 Å². The van der Waals surface area contributed by atoms with Crippen molar-refractivity contribution in [1.82, 2.24) is 9.88 Å². The Kier molecular flexibility index (Phi) is 2.97. The molecule has 0 saturated carbocycles. The molecule has 1 aromatic carbocycles. The highest BCUT2D eigenvalue weighted by Crippen LogP contribution is 2.27. The highest BCUT2D eigenvalue weighted by molar-refractivity contribution is 9.10. The van der Waals surface area contributed by atoms with Gasteiger partial charge in [0.2, 0.25) is 0 Å². The van der Waals surface area contributed by atoms with Crippen molar-refractivity contribution in [3.8, 4) is 0 Å². The molecule has 1 saturated heterocycles. The smallest absolute Gasteiger partial charge is 0.0491 e. The van der Waals surface area contributed by atoms with Gasteiger partial charge in [0.25, 0.3) is 0 Å². The lowest BCUT2D eigenvalue weighted by Gasteiger charge is -2.06. The van der Waals surface area contributed by atoms with Crippen molar-refractivity contribution in [1.29, 1.82) is 0 Å². The molecule has 2 heterocycles. The number of aromatic nitrogens is 1. The first kappa shape index (κ1) is 11.3. The summed E-state index contributed by atoms with van der Waals surface area (Å²) in [6, 6.07) is 6.57. The van der Waals surface area contributed by atoms with Crippen LogP contribution in [0.15, 0.2) is 28.9 Å². The van der Waals surface area contributed by atoms with E-state index in [1.54, 1.807) is 0 Å². The summed E-state index contributed by atoms with van der Waals surface area (Å²) < 4.78 is 3.39. The maximum Gasteiger partial charge on any atom is 0.0491 e. The molecule has 1 aromatic heterocycles. The third kappa shape index (κ3) is 2.14. The fourth-order valence-electron chi connectivity index (χ4n) is 2.80. The number of nitrogens with zero attached hydrogens (tertiary/aromatic N) is 1. The van der Waals surface area contributed by atoms with Gasteiger partial charge in [0.05, 0.1) is 0 Å². The average Bonchev–Trinajstić information content (AvgIpc) is 2.89. The summed E-state index contributed by atoms with van der Waals surface area (Å²) in [6.45, 7) is 2.36. The molecule has 3 heteroatoms. The van der Waals surface area contributed by atoms with E-state index in [0.29, 0.717) is 0 Å². The number of benzene rings is 1. The van der Waals surface area contributed by atoms with E-state index in [-0.39, 0.29) is 0 Å². The number of hydrogen-bond acceptors (Lipinski definition) is 1. The Bertz CT molecular complexity index is 538. The Balaban J connectivity index is 1.98. The van der Waals surface area contributed by atoms with E-state index in [0.717, 1.165) is 10.4 Å². The van der Waals surface area contributed by atoms with Gasteiger partial charge in [-0.3, -0.25) is 0 Å². The van der Waals surface area contributed by atoms with Gasteiger partial charge < -0.3 is 9.88 Å². The van der Waals surface area contributed by atoms with Gasteiger partial charge in [-0.15, -0.1) is 0 Å². The molecule has 17 heavy (non-hydrogen) atoms. The minimum Gasteiger partial charge on any atom is -0.350 e. The second kappa shape index (κ2) is 4.46. The number of rotatable bonds is 2. The van der Waals surface area contributed by atoms with Gasteiger partial charge in [0, 0.05) is 28.6 Å². The summed E-state index contributed by atoms with van der Waals surface area (Å²) in [5.74, 6) is 0.809. The van der Waals surface area contributed by atoms with Gasteiger partial charge in [-0.05, 0) is 49.5 Å². The minimum absolute atomic E-state index is 0.809. The largest absolute Gasteiger partial charge is 0.350 e. The van der Waals surface area contributed by atoms with E-state index < -0.39 is 0 Å². The molecule has 90 valence electrons. The lowest BCUT2D eigenvalue weighted by Crippen LogP contribution is -2.10. The van der Waals surface area contributed by atoms with E-state index in [1.165, 1.54) is 42.4 Å². The van der Waals surface area contributed by atoms with Gasteiger partial charge >= 0.3 is 0 Å². The predicted octanol–water partition coefficient (Wildman–Crippen LogP) is 3.09. The summed E-state index contributed by atoms with van der Waals surface area (Å²) in [6.07, 6.45) is 4.80. The number of fused-ring (bicyclic) bond motifs is 1. The first-order chi connectivity index (χ1) is 8.24. The zero-order valence-electron chi connectivity index (χ0n) is 10.0. The summed E-state index contributed by atoms with van der Waals surface area (Å²) in [4.78, 5) is 0. The van der Waals surface area contributed by atoms with Crippen molar-refractivity contribution in [3.05, 3.63) is 34.4 Å². The van der Waals surface area contributed by atoms with E-state index >= 15 is 0 Å². The number of nitrogens with one attached hydrogen (secondary N) is 1. The SMILES string of the molecule is Cn1cc(CC2CCNC2)c2ccc(Br)cc21. The van der Waals surface area contributed by atoms with E-state index in [1.807, 2.05) is 0 Å². The first-order valence-electron chi connectivity index (χ1n) is 6.18. The molecular formula is C14H17BrN2. The molecule has 1 N–H and O–H groups in total. The highest BCUT2D eigenvalue weighted by Gasteiger charge is 2.17. The molecule has 2 nitrogen and oxygen atoms in total. The zero-order chi connectivity index (χ0) is 11.8. The van der Waals surface area contributed by atoms with Crippen LogP contribution in [0.2, 0.25) is 0 Å². The Morgan fingerprint density at radius 3 is 3.12 bits per heavy atom. The fourth-order valence-corrected chi connectivity index (χ4v) is 3.15. The van der Waals surface area contributed by atoms with Crippen LogP contribution in [-0.4, -0.2) is 17.7 Å². The van der Waals surface area contributed by atoms with Crippen LogP contribution in [0.1, 0.15) is 12.0 Å². The van der Waals surface area contributed by atoms with Gasteiger partial charge in [-0.2, -0.15) is 0 Å². The van der Waals surface area contributed by atoms with Crippen LogP contribution in [0.4, 0.5) is 0 Å². The lowest BCUT2D eigenvalue weighted by molar-refractivity contribution is 0.581. The van der Waals surface area contributed by atoms with Crippen LogP contribution in [0, 0.1) is 5.92 Å². The number of aryl methyl sites for hydroxylation is 1. The molecule has 1 aliphatic rings. The Morgan fingerprint density at radius 1 is 1.47 bits per heavy atom. The molecule has 2 aromatic rings. The summed E-state index contributed by atoms with van der Waals surface area (Å²) >= 11 is 3.54. The van der Waals surface area contributed by atoms with Crippen LogP contribution in [0.25, 0.3) is 10.9 Å². The number of halogens is 1. The maximum absolute atomic E-state index is 3.54. The summed E-state index contributed by atoms with van der Waals surface area (Å²) in [7, 11) is 2.13. The normalized spacial score (nSPS) is 20.2. The fraction of sp³-hybridized carbons (Fsp3) is 0.429. The monoisotopic (exact) mass is 292 g/mol. The third-order valence-corrected chi connectivity index (χ3v) is 4.20. The molecule has 3 rings (SSSR count).